The average Bonchev–Trinajstić information content (AvgIpc) is 2.07. The molecule has 0 bridgehead atoms. The number of nitrogens with two attached hydrogens (primary N) is 1. The summed E-state index contributed by atoms with van der Waals surface area (Å²) >= 11 is 0. The van der Waals surface area contributed by atoms with Crippen LogP contribution < -0.4 is 16.6 Å². The predicted molar refractivity (Wildman–Crippen MR) is 49.2 cm³/mol. The van der Waals surface area contributed by atoms with Crippen molar-refractivity contribution in [1.82, 2.24) is 4.57 Å². The van der Waals surface area contributed by atoms with Gasteiger partial charge in [0.1, 0.15) is 0 Å². The summed E-state index contributed by atoms with van der Waals surface area (Å²) in [7, 11) is 1.72. The lowest BCUT2D eigenvalue weighted by molar-refractivity contribution is 0.859. The van der Waals surface area contributed by atoms with E-state index in [9.17, 15) is 4.79 Å². The van der Waals surface area contributed by atoms with Crippen LogP contribution in [0.5, 0.6) is 0 Å². The van der Waals surface area contributed by atoms with Crippen LogP contribution in [0.1, 0.15) is 0 Å². The summed E-state index contributed by atoms with van der Waals surface area (Å²) in [4.78, 5) is 11.1. The average molecular weight is 167 g/mol. The number of aromatic nitrogens is 1. The zero-order valence-corrected chi connectivity index (χ0v) is 7.08. The fourth-order valence-corrected chi connectivity index (χ4v) is 0.875. The van der Waals surface area contributed by atoms with Crippen molar-refractivity contribution < 1.29 is 0 Å². The topological polar surface area (TPSA) is 60.1 Å². The van der Waals surface area contributed by atoms with Crippen LogP contribution in [0.4, 0.5) is 5.69 Å². The largest absolute Gasteiger partial charge is 0.384 e. The minimum absolute atomic E-state index is 0.0166. The second-order valence-electron chi connectivity index (χ2n) is 2.58. The van der Waals surface area contributed by atoms with Gasteiger partial charge in [0.05, 0.1) is 0 Å². The number of hydrogen-bond donors (Lipinski definition) is 2. The van der Waals surface area contributed by atoms with Crippen molar-refractivity contribution in [3.8, 4) is 0 Å². The molecule has 3 N–H and O–H groups in total. The smallest absolute Gasteiger partial charge is 0.252 e. The number of anilines is 1. The molecular formula is C8H13N3O. The highest BCUT2D eigenvalue weighted by Crippen LogP contribution is 1.99. The Bertz CT molecular complexity index is 305. The molecule has 1 rings (SSSR count). The maximum absolute atomic E-state index is 11.1. The highest BCUT2D eigenvalue weighted by molar-refractivity contribution is 5.40. The predicted octanol–water partition coefficient (Wildman–Crippen LogP) is -0.244. The Morgan fingerprint density at radius 1 is 1.67 bits per heavy atom. The first kappa shape index (κ1) is 8.80. The van der Waals surface area contributed by atoms with Gasteiger partial charge in [0.15, 0.2) is 0 Å². The fourth-order valence-electron chi connectivity index (χ4n) is 0.875. The first-order chi connectivity index (χ1) is 5.74. The molecular weight excluding hydrogens is 154 g/mol. The van der Waals surface area contributed by atoms with Gasteiger partial charge in [-0.1, -0.05) is 0 Å². The Kier molecular flexibility index (Phi) is 2.88. The minimum atomic E-state index is -0.0166. The van der Waals surface area contributed by atoms with E-state index in [0.29, 0.717) is 13.1 Å². The molecule has 66 valence electrons. The molecule has 0 aliphatic heterocycles. The van der Waals surface area contributed by atoms with E-state index >= 15 is 0 Å². The molecule has 1 heterocycles. The third-order valence-electron chi connectivity index (χ3n) is 1.58. The van der Waals surface area contributed by atoms with E-state index in [2.05, 4.69) is 5.32 Å². The number of aryl methyl sites for hydroxylation is 1. The van der Waals surface area contributed by atoms with Crippen molar-refractivity contribution in [1.29, 1.82) is 0 Å². The number of rotatable bonds is 3. The quantitative estimate of drug-likeness (QED) is 0.653. The van der Waals surface area contributed by atoms with Crippen molar-refractivity contribution in [2.24, 2.45) is 12.8 Å². The van der Waals surface area contributed by atoms with Crippen molar-refractivity contribution in [3.63, 3.8) is 0 Å². The van der Waals surface area contributed by atoms with Crippen molar-refractivity contribution >= 4 is 5.69 Å². The molecule has 0 aromatic carbocycles. The molecule has 0 atom stereocenters. The minimum Gasteiger partial charge on any atom is -0.384 e. The molecule has 4 nitrogen and oxygen atoms in total. The van der Waals surface area contributed by atoms with Gasteiger partial charge in [0.2, 0.25) is 0 Å². The Labute approximate surface area is 71.0 Å². The van der Waals surface area contributed by atoms with Crippen LogP contribution >= 0.6 is 0 Å². The van der Waals surface area contributed by atoms with Crippen molar-refractivity contribution in [2.45, 2.75) is 0 Å². The third kappa shape index (κ3) is 2.10. The maximum atomic E-state index is 11.1. The Morgan fingerprint density at radius 3 is 3.00 bits per heavy atom. The summed E-state index contributed by atoms with van der Waals surface area (Å²) in [5.41, 5.74) is 6.10. The van der Waals surface area contributed by atoms with Crippen molar-refractivity contribution in [3.05, 3.63) is 28.7 Å². The maximum Gasteiger partial charge on any atom is 0.252 e. The Balaban J connectivity index is 2.76. The molecule has 0 saturated heterocycles. The molecule has 0 amide bonds. The second kappa shape index (κ2) is 3.92. The number of pyridine rings is 1. The van der Waals surface area contributed by atoms with E-state index in [1.165, 1.54) is 4.57 Å². The van der Waals surface area contributed by atoms with Crippen LogP contribution in [0.3, 0.4) is 0 Å². The summed E-state index contributed by atoms with van der Waals surface area (Å²) in [6.07, 6.45) is 1.72. The van der Waals surface area contributed by atoms with Gasteiger partial charge in [-0.15, -0.1) is 0 Å². The second-order valence-corrected chi connectivity index (χ2v) is 2.58. The Morgan fingerprint density at radius 2 is 2.42 bits per heavy atom. The molecule has 0 aliphatic carbocycles. The molecule has 0 spiro atoms. The zero-order valence-electron chi connectivity index (χ0n) is 7.08. The molecule has 0 saturated carbocycles. The molecule has 1 aromatic heterocycles. The van der Waals surface area contributed by atoms with Gasteiger partial charge in [-0.2, -0.15) is 0 Å². The highest BCUT2D eigenvalue weighted by atomic mass is 16.1. The lowest BCUT2D eigenvalue weighted by Gasteiger charge is -2.04. The van der Waals surface area contributed by atoms with E-state index < -0.39 is 0 Å². The van der Waals surface area contributed by atoms with Gasteiger partial charge in [0.25, 0.3) is 5.56 Å². The molecule has 0 aliphatic rings. The molecule has 0 radical (unpaired) electrons. The van der Waals surface area contributed by atoms with Crippen LogP contribution in [-0.4, -0.2) is 17.7 Å². The van der Waals surface area contributed by atoms with Crippen LogP contribution in [0.15, 0.2) is 23.1 Å². The van der Waals surface area contributed by atoms with E-state index in [1.807, 2.05) is 6.07 Å². The SMILES string of the molecule is Cn1ccc(NCCN)cc1=O. The molecule has 0 unspecified atom stereocenters. The van der Waals surface area contributed by atoms with E-state index in [0.717, 1.165) is 5.69 Å². The first-order valence-corrected chi connectivity index (χ1v) is 3.84. The number of hydrogen-bond acceptors (Lipinski definition) is 3. The number of nitrogens with one attached hydrogen (secondary N) is 1. The van der Waals surface area contributed by atoms with E-state index in [4.69, 9.17) is 5.73 Å². The van der Waals surface area contributed by atoms with Gasteiger partial charge < -0.3 is 15.6 Å². The van der Waals surface area contributed by atoms with Gasteiger partial charge in [-0.25, -0.2) is 0 Å². The van der Waals surface area contributed by atoms with Crippen LogP contribution in [-0.2, 0) is 7.05 Å². The monoisotopic (exact) mass is 167 g/mol. The third-order valence-corrected chi connectivity index (χ3v) is 1.58. The van der Waals surface area contributed by atoms with Crippen LogP contribution in [0, 0.1) is 0 Å². The zero-order chi connectivity index (χ0) is 8.97. The van der Waals surface area contributed by atoms with Crippen LogP contribution in [0.25, 0.3) is 0 Å². The summed E-state index contributed by atoms with van der Waals surface area (Å²) in [5.74, 6) is 0. The normalized spacial score (nSPS) is 9.83. The van der Waals surface area contributed by atoms with Crippen LogP contribution in [0.2, 0.25) is 0 Å². The van der Waals surface area contributed by atoms with Gasteiger partial charge >= 0.3 is 0 Å². The highest BCUT2D eigenvalue weighted by Gasteiger charge is 1.92. The van der Waals surface area contributed by atoms with E-state index in [1.54, 1.807) is 19.3 Å². The molecule has 1 aromatic rings. The first-order valence-electron chi connectivity index (χ1n) is 3.84. The Hall–Kier alpha value is -1.29. The van der Waals surface area contributed by atoms with Gasteiger partial charge in [-0.05, 0) is 6.07 Å². The summed E-state index contributed by atoms with van der Waals surface area (Å²) in [5, 5.41) is 3.02. The van der Waals surface area contributed by atoms with E-state index in [-0.39, 0.29) is 5.56 Å². The van der Waals surface area contributed by atoms with Gasteiger partial charge in [-0.3, -0.25) is 4.79 Å². The summed E-state index contributed by atoms with van der Waals surface area (Å²) in [6, 6.07) is 3.40. The molecule has 0 fully saturated rings. The standard InChI is InChI=1S/C8H13N3O/c1-11-5-2-7(6-8(11)12)10-4-3-9/h2,5-6,10H,3-4,9H2,1H3. The molecule has 4 heteroatoms. The summed E-state index contributed by atoms with van der Waals surface area (Å²) < 4.78 is 1.52. The summed E-state index contributed by atoms with van der Waals surface area (Å²) in [6.45, 7) is 1.25. The number of nitrogens with zero attached hydrogens (tertiary/aromatic N) is 1. The molecule has 12 heavy (non-hydrogen) atoms. The van der Waals surface area contributed by atoms with Crippen molar-refractivity contribution in [2.75, 3.05) is 18.4 Å². The lowest BCUT2D eigenvalue weighted by atomic mass is 10.4. The fraction of sp³-hybridized carbons (Fsp3) is 0.375. The van der Waals surface area contributed by atoms with Gasteiger partial charge in [0, 0.05) is 38.1 Å². The lowest BCUT2D eigenvalue weighted by Crippen LogP contribution is -2.18.